The lowest BCUT2D eigenvalue weighted by molar-refractivity contribution is 0.198. The van der Waals surface area contributed by atoms with Gasteiger partial charge in [-0.05, 0) is 103 Å². The number of methoxy groups -OCH3 is 1. The van der Waals surface area contributed by atoms with Gasteiger partial charge in [0.1, 0.15) is 5.75 Å². The number of nitrogens with two attached hydrogens (primary N) is 1. The van der Waals surface area contributed by atoms with Crippen molar-refractivity contribution in [2.75, 3.05) is 13.7 Å². The Labute approximate surface area is 175 Å². The molecule has 2 aromatic rings. The molecule has 0 saturated heterocycles. The molecule has 0 bridgehead atoms. The van der Waals surface area contributed by atoms with Crippen LogP contribution in [0.2, 0.25) is 0 Å². The zero-order chi connectivity index (χ0) is 20.6. The van der Waals surface area contributed by atoms with Crippen LogP contribution in [-0.4, -0.2) is 24.4 Å². The summed E-state index contributed by atoms with van der Waals surface area (Å²) in [6, 6.07) is 13.7. The van der Waals surface area contributed by atoms with Crippen LogP contribution in [-0.2, 0) is 12.8 Å². The van der Waals surface area contributed by atoms with Crippen LogP contribution < -0.4 is 10.5 Å². The van der Waals surface area contributed by atoms with Gasteiger partial charge < -0.3 is 15.6 Å². The number of rotatable bonds is 5. The Hall–Kier alpha value is -1.84. The van der Waals surface area contributed by atoms with Crippen molar-refractivity contribution in [3.8, 4) is 5.75 Å². The van der Waals surface area contributed by atoms with Crippen LogP contribution in [0.3, 0.4) is 0 Å². The summed E-state index contributed by atoms with van der Waals surface area (Å²) < 4.78 is 5.49. The van der Waals surface area contributed by atoms with Crippen LogP contribution >= 0.6 is 0 Å². The van der Waals surface area contributed by atoms with Gasteiger partial charge in [0, 0.05) is 5.54 Å². The summed E-state index contributed by atoms with van der Waals surface area (Å²) in [5.41, 5.74) is 13.0. The molecule has 29 heavy (non-hydrogen) atoms. The standard InChI is InChI=1S/C26H35NO2/c1-17-10-24(14-25(11-17)29-3)18(2)19-4-5-21-13-22(7-6-20(21)12-19)23-8-9-26(27,15-23)16-28/h6-7,10-11,13-14,18-19,23,28H,4-5,8-9,12,15-16,27H2,1-3H3/t18?,19?,23-,26+/m0/s1. The normalized spacial score (nSPS) is 27.5. The maximum atomic E-state index is 9.57. The molecule has 3 N–H and O–H groups in total. The third-order valence-electron chi connectivity index (χ3n) is 7.47. The van der Waals surface area contributed by atoms with Gasteiger partial charge in [0.15, 0.2) is 0 Å². The molecule has 2 aromatic carbocycles. The van der Waals surface area contributed by atoms with Gasteiger partial charge >= 0.3 is 0 Å². The van der Waals surface area contributed by atoms with Crippen molar-refractivity contribution in [2.45, 2.75) is 69.7 Å². The molecule has 3 heteroatoms. The molecule has 0 aliphatic heterocycles. The van der Waals surface area contributed by atoms with E-state index in [1.54, 1.807) is 7.11 Å². The van der Waals surface area contributed by atoms with E-state index < -0.39 is 0 Å². The third kappa shape index (κ3) is 4.22. The number of aliphatic hydroxyl groups excluding tert-OH is 1. The number of hydrogen-bond acceptors (Lipinski definition) is 3. The molecular formula is C26H35NO2. The lowest BCUT2D eigenvalue weighted by atomic mass is 9.74. The molecule has 2 aliphatic carbocycles. The highest BCUT2D eigenvalue weighted by molar-refractivity contribution is 5.39. The molecule has 0 radical (unpaired) electrons. The zero-order valence-electron chi connectivity index (χ0n) is 18.1. The fraction of sp³-hybridized carbons (Fsp3) is 0.538. The average molecular weight is 394 g/mol. The van der Waals surface area contributed by atoms with Gasteiger partial charge in [-0.3, -0.25) is 0 Å². The van der Waals surface area contributed by atoms with Gasteiger partial charge in [-0.25, -0.2) is 0 Å². The second-order valence-electron chi connectivity index (χ2n) is 9.56. The highest BCUT2D eigenvalue weighted by Gasteiger charge is 2.36. The smallest absolute Gasteiger partial charge is 0.119 e. The van der Waals surface area contributed by atoms with Crippen molar-refractivity contribution in [1.82, 2.24) is 0 Å². The first-order chi connectivity index (χ1) is 13.9. The number of fused-ring (bicyclic) bond motifs is 1. The van der Waals surface area contributed by atoms with Gasteiger partial charge in [-0.15, -0.1) is 0 Å². The monoisotopic (exact) mass is 393 g/mol. The van der Waals surface area contributed by atoms with Crippen LogP contribution in [0.4, 0.5) is 0 Å². The quantitative estimate of drug-likeness (QED) is 0.762. The largest absolute Gasteiger partial charge is 0.497 e. The molecule has 2 aliphatic rings. The summed E-state index contributed by atoms with van der Waals surface area (Å²) in [5.74, 6) is 2.64. The molecule has 1 saturated carbocycles. The summed E-state index contributed by atoms with van der Waals surface area (Å²) >= 11 is 0. The molecule has 2 unspecified atom stereocenters. The van der Waals surface area contributed by atoms with Crippen LogP contribution in [0.15, 0.2) is 36.4 Å². The van der Waals surface area contributed by atoms with Gasteiger partial charge in [0.2, 0.25) is 0 Å². The van der Waals surface area contributed by atoms with E-state index in [-0.39, 0.29) is 12.1 Å². The third-order valence-corrected chi connectivity index (χ3v) is 7.47. The van der Waals surface area contributed by atoms with E-state index in [0.29, 0.717) is 17.8 Å². The maximum Gasteiger partial charge on any atom is 0.119 e. The first-order valence-corrected chi connectivity index (χ1v) is 11.1. The highest BCUT2D eigenvalue weighted by Crippen LogP contribution is 2.42. The van der Waals surface area contributed by atoms with Crippen LogP contribution in [0.25, 0.3) is 0 Å². The summed E-state index contributed by atoms with van der Waals surface area (Å²) in [5, 5.41) is 9.57. The summed E-state index contributed by atoms with van der Waals surface area (Å²) in [7, 11) is 1.75. The fourth-order valence-electron chi connectivity index (χ4n) is 5.50. The Morgan fingerprint density at radius 2 is 2.00 bits per heavy atom. The minimum absolute atomic E-state index is 0.0950. The molecule has 0 spiro atoms. The summed E-state index contributed by atoms with van der Waals surface area (Å²) in [4.78, 5) is 0. The van der Waals surface area contributed by atoms with Crippen molar-refractivity contribution < 1.29 is 9.84 Å². The molecule has 0 amide bonds. The predicted octanol–water partition coefficient (Wildman–Crippen LogP) is 4.87. The Morgan fingerprint density at radius 3 is 2.72 bits per heavy atom. The molecular weight excluding hydrogens is 358 g/mol. The Bertz CT molecular complexity index is 877. The van der Waals surface area contributed by atoms with E-state index in [2.05, 4.69) is 50.2 Å². The maximum absolute atomic E-state index is 9.57. The first kappa shape index (κ1) is 20.4. The van der Waals surface area contributed by atoms with E-state index >= 15 is 0 Å². The van der Waals surface area contributed by atoms with E-state index in [9.17, 15) is 5.11 Å². The Balaban J connectivity index is 1.49. The number of aryl methyl sites for hydroxylation is 2. The summed E-state index contributed by atoms with van der Waals surface area (Å²) in [6.07, 6.45) is 6.44. The zero-order valence-corrected chi connectivity index (χ0v) is 18.1. The number of ether oxygens (including phenoxy) is 1. The highest BCUT2D eigenvalue weighted by atomic mass is 16.5. The van der Waals surface area contributed by atoms with E-state index in [0.717, 1.165) is 37.9 Å². The van der Waals surface area contributed by atoms with Gasteiger partial charge in [-0.1, -0.05) is 31.2 Å². The van der Waals surface area contributed by atoms with Crippen molar-refractivity contribution >= 4 is 0 Å². The molecule has 156 valence electrons. The number of benzene rings is 2. The van der Waals surface area contributed by atoms with E-state index in [4.69, 9.17) is 10.5 Å². The van der Waals surface area contributed by atoms with Gasteiger partial charge in [0.05, 0.1) is 13.7 Å². The summed E-state index contributed by atoms with van der Waals surface area (Å²) in [6.45, 7) is 4.61. The molecule has 1 fully saturated rings. The minimum atomic E-state index is -0.379. The van der Waals surface area contributed by atoms with Crippen molar-refractivity contribution in [1.29, 1.82) is 0 Å². The van der Waals surface area contributed by atoms with Gasteiger partial charge in [0.25, 0.3) is 0 Å². The number of hydrogen-bond donors (Lipinski definition) is 2. The second-order valence-corrected chi connectivity index (χ2v) is 9.56. The SMILES string of the molecule is COc1cc(C)cc(C(C)C2CCc3cc([C@H]4CC[C@](N)(CO)C4)ccc3C2)c1. The van der Waals surface area contributed by atoms with E-state index in [1.165, 1.54) is 34.2 Å². The first-order valence-electron chi connectivity index (χ1n) is 11.1. The molecule has 4 rings (SSSR count). The fourth-order valence-corrected chi connectivity index (χ4v) is 5.50. The van der Waals surface area contributed by atoms with Crippen molar-refractivity contribution in [2.24, 2.45) is 11.7 Å². The molecule has 3 nitrogen and oxygen atoms in total. The number of aliphatic hydroxyl groups is 1. The Kier molecular flexibility index (Phi) is 5.72. The Morgan fingerprint density at radius 1 is 1.17 bits per heavy atom. The van der Waals surface area contributed by atoms with Crippen LogP contribution in [0, 0.1) is 12.8 Å². The lowest BCUT2D eigenvalue weighted by Gasteiger charge is -2.31. The molecule has 4 atom stereocenters. The lowest BCUT2D eigenvalue weighted by Crippen LogP contribution is -2.40. The molecule has 0 heterocycles. The van der Waals surface area contributed by atoms with Crippen LogP contribution in [0.5, 0.6) is 5.75 Å². The second kappa shape index (κ2) is 8.12. The molecule has 0 aromatic heterocycles. The van der Waals surface area contributed by atoms with Crippen LogP contribution in [0.1, 0.15) is 72.3 Å². The average Bonchev–Trinajstić information content (AvgIpc) is 3.14. The van der Waals surface area contributed by atoms with Crippen molar-refractivity contribution in [3.05, 3.63) is 64.2 Å². The van der Waals surface area contributed by atoms with E-state index in [1.807, 2.05) is 0 Å². The van der Waals surface area contributed by atoms with Gasteiger partial charge in [-0.2, -0.15) is 0 Å². The topological polar surface area (TPSA) is 55.5 Å². The minimum Gasteiger partial charge on any atom is -0.497 e. The predicted molar refractivity (Wildman–Crippen MR) is 119 cm³/mol. The van der Waals surface area contributed by atoms with Crippen molar-refractivity contribution in [3.63, 3.8) is 0 Å².